The van der Waals surface area contributed by atoms with Gasteiger partial charge in [0.2, 0.25) is 11.0 Å². The molecule has 1 amide bonds. The third kappa shape index (κ3) is 6.10. The van der Waals surface area contributed by atoms with Crippen molar-refractivity contribution in [2.24, 2.45) is 0 Å². The highest BCUT2D eigenvalue weighted by Gasteiger charge is 2.33. The molecule has 0 saturated carbocycles. The molecule has 34 heavy (non-hydrogen) atoms. The molecule has 2 aromatic carbocycles. The van der Waals surface area contributed by atoms with Gasteiger partial charge in [0, 0.05) is 18.1 Å². The van der Waals surface area contributed by atoms with Crippen LogP contribution >= 0.6 is 23.4 Å². The zero-order valence-corrected chi connectivity index (χ0v) is 19.8. The summed E-state index contributed by atoms with van der Waals surface area (Å²) in [7, 11) is 0. The van der Waals surface area contributed by atoms with E-state index < -0.39 is 5.92 Å². The van der Waals surface area contributed by atoms with E-state index in [9.17, 15) is 9.59 Å². The molecule has 170 valence electrons. The van der Waals surface area contributed by atoms with Crippen LogP contribution in [0.3, 0.4) is 0 Å². The van der Waals surface area contributed by atoms with Crippen LogP contribution in [0.15, 0.2) is 103 Å². The third-order valence-corrected chi connectivity index (χ3v) is 6.38. The minimum atomic E-state index is -0.975. The van der Waals surface area contributed by atoms with Crippen LogP contribution in [-0.4, -0.2) is 21.0 Å². The first-order chi connectivity index (χ1) is 16.6. The number of nitrogens with zero attached hydrogens (tertiary/aromatic N) is 3. The molecular weight excluding hydrogens is 466 g/mol. The number of carbonyl (C=O) groups excluding carboxylic acids is 2. The topological polar surface area (TPSA) is 63.2 Å². The molecule has 0 spiro atoms. The molecule has 2 aromatic heterocycles. The predicted molar refractivity (Wildman–Crippen MR) is 137 cm³/mol. The van der Waals surface area contributed by atoms with E-state index in [1.807, 2.05) is 72.8 Å². The lowest BCUT2D eigenvalue weighted by Crippen LogP contribution is -2.38. The minimum absolute atomic E-state index is 0.208. The zero-order valence-electron chi connectivity index (χ0n) is 18.3. The highest BCUT2D eigenvalue weighted by Crippen LogP contribution is 2.29. The Morgan fingerprint density at radius 2 is 1.53 bits per heavy atom. The largest absolute Gasteiger partial charge is 0.291 e. The first-order valence-corrected chi connectivity index (χ1v) is 12.1. The van der Waals surface area contributed by atoms with E-state index in [0.29, 0.717) is 22.3 Å². The number of pyridine rings is 2. The molecule has 2 heterocycles. The van der Waals surface area contributed by atoms with Gasteiger partial charge in [-0.15, -0.1) is 0 Å². The van der Waals surface area contributed by atoms with Gasteiger partial charge in [-0.1, -0.05) is 96.2 Å². The fourth-order valence-corrected chi connectivity index (χ4v) is 4.48. The summed E-state index contributed by atoms with van der Waals surface area (Å²) in [6.07, 6.45) is 3.24. The molecule has 4 aromatic rings. The van der Waals surface area contributed by atoms with E-state index >= 15 is 0 Å². The summed E-state index contributed by atoms with van der Waals surface area (Å²) in [5.74, 6) is -0.368. The summed E-state index contributed by atoms with van der Waals surface area (Å²) in [4.78, 5) is 37.5. The van der Waals surface area contributed by atoms with Crippen LogP contribution in [-0.2, 0) is 21.9 Å². The lowest BCUT2D eigenvalue weighted by Gasteiger charge is -2.26. The summed E-state index contributed by atoms with van der Waals surface area (Å²) < 4.78 is 0. The van der Waals surface area contributed by atoms with Crippen LogP contribution in [0.2, 0.25) is 5.15 Å². The van der Waals surface area contributed by atoms with Crippen LogP contribution in [0.1, 0.15) is 22.6 Å². The van der Waals surface area contributed by atoms with Gasteiger partial charge in [-0.2, -0.15) is 0 Å². The summed E-state index contributed by atoms with van der Waals surface area (Å²) in [5.41, 5.74) is 2.45. The van der Waals surface area contributed by atoms with Gasteiger partial charge >= 0.3 is 0 Å². The van der Waals surface area contributed by atoms with Gasteiger partial charge in [-0.3, -0.25) is 14.5 Å². The number of amides is 1. The Morgan fingerprint density at radius 1 is 0.824 bits per heavy atom. The molecular formula is C27H22ClN3O2S. The normalized spacial score (nSPS) is 11.6. The zero-order chi connectivity index (χ0) is 23.8. The number of hydrogen-bond donors (Lipinski definition) is 0. The van der Waals surface area contributed by atoms with E-state index in [1.165, 1.54) is 4.90 Å². The van der Waals surface area contributed by atoms with Crippen molar-refractivity contribution in [3.8, 4) is 0 Å². The van der Waals surface area contributed by atoms with Crippen LogP contribution in [0.25, 0.3) is 0 Å². The number of halogens is 1. The van der Waals surface area contributed by atoms with Gasteiger partial charge in [-0.25, -0.2) is 9.97 Å². The molecule has 5 nitrogen and oxygen atoms in total. The molecule has 0 aliphatic carbocycles. The molecule has 1 atom stereocenters. The number of rotatable bonds is 8. The Morgan fingerprint density at radius 3 is 2.18 bits per heavy atom. The number of hydrogen-bond acceptors (Lipinski definition) is 5. The molecule has 0 saturated heterocycles. The first kappa shape index (κ1) is 23.7. The van der Waals surface area contributed by atoms with Crippen molar-refractivity contribution in [3.63, 3.8) is 0 Å². The maximum atomic E-state index is 14.0. The molecule has 0 aliphatic heterocycles. The van der Waals surface area contributed by atoms with Gasteiger partial charge in [0.1, 0.15) is 16.9 Å². The van der Waals surface area contributed by atoms with Crippen LogP contribution in [0.4, 0.5) is 5.82 Å². The Bertz CT molecular complexity index is 1220. The summed E-state index contributed by atoms with van der Waals surface area (Å²) in [6, 6.07) is 27.7. The highest BCUT2D eigenvalue weighted by molar-refractivity contribution is 8.13. The molecule has 0 radical (unpaired) electrons. The van der Waals surface area contributed by atoms with Crippen molar-refractivity contribution in [2.45, 2.75) is 18.2 Å². The molecule has 0 fully saturated rings. The minimum Gasteiger partial charge on any atom is -0.291 e. The molecule has 0 aliphatic rings. The van der Waals surface area contributed by atoms with Crippen LogP contribution in [0.5, 0.6) is 0 Å². The highest BCUT2D eigenvalue weighted by atomic mass is 35.5. The second kappa shape index (κ2) is 11.6. The lowest BCUT2D eigenvalue weighted by molar-refractivity contribution is -0.125. The molecule has 0 bridgehead atoms. The third-order valence-electron chi connectivity index (χ3n) is 5.16. The molecule has 7 heteroatoms. The van der Waals surface area contributed by atoms with Crippen molar-refractivity contribution >= 4 is 40.2 Å². The first-order valence-electron chi connectivity index (χ1n) is 10.7. The second-order valence-corrected chi connectivity index (χ2v) is 8.91. The molecule has 1 unspecified atom stereocenters. The van der Waals surface area contributed by atoms with E-state index in [4.69, 9.17) is 11.6 Å². The van der Waals surface area contributed by atoms with Crippen molar-refractivity contribution < 1.29 is 9.59 Å². The number of aromatic nitrogens is 2. The van der Waals surface area contributed by atoms with Crippen molar-refractivity contribution in [1.82, 2.24) is 9.97 Å². The Balaban J connectivity index is 1.66. The summed E-state index contributed by atoms with van der Waals surface area (Å²) in [5, 5.41) is 0.157. The average molecular weight is 488 g/mol. The van der Waals surface area contributed by atoms with E-state index in [0.717, 1.165) is 22.9 Å². The quantitative estimate of drug-likeness (QED) is 0.228. The Hall–Kier alpha value is -3.48. The average Bonchev–Trinajstić information content (AvgIpc) is 2.89. The van der Waals surface area contributed by atoms with Crippen LogP contribution < -0.4 is 4.90 Å². The lowest BCUT2D eigenvalue weighted by atomic mass is 9.98. The van der Waals surface area contributed by atoms with Crippen molar-refractivity contribution in [3.05, 3.63) is 125 Å². The maximum absolute atomic E-state index is 14.0. The van der Waals surface area contributed by atoms with E-state index in [-0.39, 0.29) is 17.6 Å². The smallest absolute Gasteiger partial charge is 0.244 e. The van der Waals surface area contributed by atoms with Gasteiger partial charge < -0.3 is 0 Å². The van der Waals surface area contributed by atoms with E-state index in [2.05, 4.69) is 9.97 Å². The monoisotopic (exact) mass is 487 g/mol. The van der Waals surface area contributed by atoms with Crippen molar-refractivity contribution in [1.29, 1.82) is 0 Å². The summed E-state index contributed by atoms with van der Waals surface area (Å²) >= 11 is 7.08. The second-order valence-electron chi connectivity index (χ2n) is 7.54. The maximum Gasteiger partial charge on any atom is 0.244 e. The standard InChI is InChI=1S/C27H22ClN3O2S/c28-23-15-14-21(17-30-23)18-31(24-13-7-8-16-29-24)26(32)25(22-11-5-2-6-12-22)27(33)34-19-20-9-3-1-4-10-20/h1-17,25H,18-19H2. The SMILES string of the molecule is O=C(SCc1ccccc1)C(C(=O)N(Cc1ccc(Cl)nc1)c1ccccn1)c1ccccc1. The van der Waals surface area contributed by atoms with Crippen molar-refractivity contribution in [2.75, 3.05) is 4.90 Å². The van der Waals surface area contributed by atoms with Gasteiger partial charge in [0.25, 0.3) is 0 Å². The molecule has 4 rings (SSSR count). The summed E-state index contributed by atoms with van der Waals surface area (Å²) in [6.45, 7) is 0.208. The number of thioether (sulfide) groups is 1. The van der Waals surface area contributed by atoms with Gasteiger partial charge in [0.05, 0.1) is 6.54 Å². The Labute approximate surface area is 207 Å². The number of anilines is 1. The fraction of sp³-hybridized carbons (Fsp3) is 0.111. The van der Waals surface area contributed by atoms with Crippen LogP contribution in [0, 0.1) is 0 Å². The predicted octanol–water partition coefficient (Wildman–Crippen LogP) is 5.91. The fourth-order valence-electron chi connectivity index (χ4n) is 3.46. The number of benzene rings is 2. The number of carbonyl (C=O) groups is 2. The molecule has 0 N–H and O–H groups in total. The van der Waals surface area contributed by atoms with E-state index in [1.54, 1.807) is 30.6 Å². The van der Waals surface area contributed by atoms with Gasteiger partial charge in [0.15, 0.2) is 0 Å². The Kier molecular flexibility index (Phi) is 8.07. The van der Waals surface area contributed by atoms with Gasteiger partial charge in [-0.05, 0) is 34.9 Å².